The summed E-state index contributed by atoms with van der Waals surface area (Å²) in [5, 5.41) is 4.99. The first kappa shape index (κ1) is 56.2. The van der Waals surface area contributed by atoms with Crippen molar-refractivity contribution < 1.29 is 60.9 Å². The Morgan fingerprint density at radius 2 is 0.904 bits per heavy atom. The molecule has 0 saturated heterocycles. The molecular weight excluding hydrogens is 1030 g/mol. The molecule has 0 aliphatic heterocycles. The van der Waals surface area contributed by atoms with Gasteiger partial charge in [-0.05, 0) is 184 Å². The highest BCUT2D eigenvalue weighted by molar-refractivity contribution is 7.87. The van der Waals surface area contributed by atoms with E-state index in [0.717, 1.165) is 5.56 Å². The van der Waals surface area contributed by atoms with Gasteiger partial charge in [-0.3, -0.25) is 12.9 Å². The highest BCUT2D eigenvalue weighted by atomic mass is 32.2. The lowest BCUT2D eigenvalue weighted by Gasteiger charge is -2.35. The summed E-state index contributed by atoms with van der Waals surface area (Å²) in [6, 6.07) is 32.3. The monoisotopic (exact) mass is 1080 g/mol. The van der Waals surface area contributed by atoms with Crippen LogP contribution in [-0.2, 0) is 43.5 Å². The summed E-state index contributed by atoms with van der Waals surface area (Å²) >= 11 is 4.52. The lowest BCUT2D eigenvalue weighted by atomic mass is 9.90. The van der Waals surface area contributed by atoms with Gasteiger partial charge < -0.3 is 10.1 Å². The second kappa shape index (κ2) is 23.4. The Kier molecular flexibility index (Phi) is 18.0. The predicted molar refractivity (Wildman–Crippen MR) is 274 cm³/mol. The van der Waals surface area contributed by atoms with Crippen LogP contribution in [0.25, 0.3) is 33.4 Å². The fraction of sp³-hybridized carbons (Fsp3) is 0.283. The van der Waals surface area contributed by atoms with Crippen molar-refractivity contribution in [3.05, 3.63) is 162 Å². The van der Waals surface area contributed by atoms with E-state index in [2.05, 4.69) is 27.7 Å². The normalized spacial score (nSPS) is 17.5. The number of carbonyl (C=O) groups excluding carboxylic acids is 1. The van der Waals surface area contributed by atoms with Crippen molar-refractivity contribution in [3.8, 4) is 33.4 Å². The van der Waals surface area contributed by atoms with Crippen LogP contribution in [0, 0.1) is 38.2 Å². The Morgan fingerprint density at radius 3 is 1.22 bits per heavy atom. The van der Waals surface area contributed by atoms with E-state index in [9.17, 15) is 43.2 Å². The highest BCUT2D eigenvalue weighted by Gasteiger charge is 2.36. The molecule has 0 bridgehead atoms. The smallest absolute Gasteiger partial charge is 0.407 e. The summed E-state index contributed by atoms with van der Waals surface area (Å²) in [4.78, 5) is 15.6. The molecule has 2 aliphatic rings. The van der Waals surface area contributed by atoms with Crippen LogP contribution in [0.3, 0.4) is 0 Å². The molecule has 20 heteroatoms. The Labute approximate surface area is 429 Å². The van der Waals surface area contributed by atoms with Crippen LogP contribution in [0.1, 0.15) is 63.1 Å². The fourth-order valence-electron chi connectivity index (χ4n) is 7.27. The minimum Gasteiger partial charge on any atom is -0.444 e. The van der Waals surface area contributed by atoms with E-state index in [4.69, 9.17) is 17.7 Å². The number of halogens is 3. The minimum atomic E-state index is -4.19. The third-order valence-corrected chi connectivity index (χ3v) is 15.3. The molecule has 6 aromatic carbocycles. The number of aliphatic imine (C=N–C) groups is 1. The number of nitrogens with zero attached hydrogens (tertiary/aromatic N) is 1. The van der Waals surface area contributed by atoms with Crippen LogP contribution in [0.5, 0.6) is 0 Å². The van der Waals surface area contributed by atoms with Crippen molar-refractivity contribution in [1.29, 1.82) is 0 Å². The lowest BCUT2D eigenvalue weighted by molar-refractivity contribution is 0.0375. The molecule has 2 saturated carbocycles. The number of hydrogen-bond donors (Lipinski definition) is 2. The average molecular weight is 1080 g/mol. The molecule has 73 heavy (non-hydrogen) atoms. The zero-order valence-electron chi connectivity index (χ0n) is 40.5. The number of ether oxygens (including phenoxy) is 1. The van der Waals surface area contributed by atoms with E-state index in [1.54, 1.807) is 102 Å². The van der Waals surface area contributed by atoms with Gasteiger partial charge in [0.1, 0.15) is 23.1 Å². The summed E-state index contributed by atoms with van der Waals surface area (Å²) in [5.41, 5.74) is 5.19. The molecule has 0 radical (unpaired) electrons. The van der Waals surface area contributed by atoms with Crippen LogP contribution < -0.4 is 5.32 Å². The predicted octanol–water partition coefficient (Wildman–Crippen LogP) is 11.8. The highest BCUT2D eigenvalue weighted by Crippen LogP contribution is 2.32. The molecule has 6 aromatic rings. The molecule has 2 N–H and O–H groups in total. The van der Waals surface area contributed by atoms with Gasteiger partial charge in [-0.2, -0.15) is 25.3 Å². The van der Waals surface area contributed by atoms with Gasteiger partial charge >= 0.3 is 6.09 Å². The van der Waals surface area contributed by atoms with Gasteiger partial charge in [0.25, 0.3) is 30.4 Å². The summed E-state index contributed by atoms with van der Waals surface area (Å²) in [7, 11) is -12.0. The molecule has 0 spiro atoms. The van der Waals surface area contributed by atoms with Crippen LogP contribution in [0.4, 0.5) is 18.0 Å². The summed E-state index contributed by atoms with van der Waals surface area (Å²) < 4.78 is 137. The van der Waals surface area contributed by atoms with Gasteiger partial charge in [0.15, 0.2) is 0 Å². The molecule has 2 aliphatic carbocycles. The number of nitrogens with one attached hydrogen (secondary N) is 1. The van der Waals surface area contributed by atoms with Crippen LogP contribution in [-0.4, -0.2) is 71.0 Å². The number of hydrogen-bond acceptors (Lipinski definition) is 12. The third-order valence-electron chi connectivity index (χ3n) is 11.6. The quantitative estimate of drug-likeness (QED) is 0.0511. The zero-order valence-corrected chi connectivity index (χ0v) is 43.8. The van der Waals surface area contributed by atoms with Gasteiger partial charge in [-0.1, -0.05) is 72.8 Å². The maximum Gasteiger partial charge on any atom is 0.407 e. The molecule has 2 fully saturated rings. The molecular formula is C53H53F3N2O11S4. The number of isothiocyanates is 1. The number of alkyl carbamates (subject to hydrolysis) is 1. The molecule has 8 rings (SSSR count). The molecule has 1 amide bonds. The van der Waals surface area contributed by atoms with Gasteiger partial charge in [0.2, 0.25) is 0 Å². The largest absolute Gasteiger partial charge is 0.444 e. The maximum absolute atomic E-state index is 13.8. The SMILES string of the molecule is Cc1ccc(-c2ccc(S(=O)(=O)O)cc2)cc1F.Cc1ccc(-c2ccc(S(=O)(=O)OC3CC(N=C=S)C3)cc2)cc1F.Cc1ccc(-c2ccc(S(=O)(=O)OC3CC(NC(=O)OC(C)(C)C)C3)cc2)cc1F. The number of benzene rings is 6. The van der Waals surface area contributed by atoms with Crippen molar-refractivity contribution >= 4 is 53.8 Å². The minimum absolute atomic E-state index is 0.00323. The molecule has 386 valence electrons. The average Bonchev–Trinajstić information content (AvgIpc) is 3.30. The number of aryl methyl sites for hydroxylation is 3. The topological polar surface area (TPSA) is 192 Å². The van der Waals surface area contributed by atoms with Gasteiger partial charge in [0.05, 0.1) is 38.1 Å². The standard InChI is InChI=1S/C22H26FNO5S.C18H16FNO3S2.C13H11FO3S/c1-14-5-6-16(11-20(14)23)15-7-9-19(10-8-15)30(26,27)29-18-12-17(13-18)24-21(25)28-22(2,3)4;1-12-2-3-14(8-18(12)19)13-4-6-17(7-5-13)25(21,22)23-16-9-15(10-16)20-11-24;1-9-2-3-11(8-13(9)14)10-4-6-12(7-5-10)18(15,16)17/h5-11,17-18H,12-13H2,1-4H3,(H,24,25);2-8,15-16H,9-10H2,1H3;2-8H,1H3,(H,15,16,17). The summed E-state index contributed by atoms with van der Waals surface area (Å²) in [6.07, 6.45) is 0.400. The number of thiocarbonyl (C=S) groups is 1. The molecule has 0 aromatic heterocycles. The van der Waals surface area contributed by atoms with Gasteiger partial charge in [0, 0.05) is 6.04 Å². The third kappa shape index (κ3) is 15.7. The van der Waals surface area contributed by atoms with Gasteiger partial charge in [-0.15, -0.1) is 0 Å². The van der Waals surface area contributed by atoms with E-state index in [1.165, 1.54) is 66.7 Å². The maximum atomic E-state index is 13.8. The number of carbonyl (C=O) groups is 1. The van der Waals surface area contributed by atoms with E-state index in [0.29, 0.717) is 70.2 Å². The molecule has 0 heterocycles. The Morgan fingerprint density at radius 1 is 0.575 bits per heavy atom. The van der Waals surface area contributed by atoms with Crippen molar-refractivity contribution in [2.45, 2.75) is 112 Å². The fourth-order valence-corrected chi connectivity index (χ4v) is 10.1. The second-order valence-corrected chi connectivity index (χ2v) is 23.2. The summed E-state index contributed by atoms with van der Waals surface area (Å²) in [5.74, 6) is -0.922. The van der Waals surface area contributed by atoms with E-state index >= 15 is 0 Å². The van der Waals surface area contributed by atoms with Crippen molar-refractivity contribution in [3.63, 3.8) is 0 Å². The molecule has 0 unspecified atom stereocenters. The van der Waals surface area contributed by atoms with Crippen molar-refractivity contribution in [2.75, 3.05) is 0 Å². The van der Waals surface area contributed by atoms with E-state index in [-0.39, 0.29) is 50.3 Å². The first-order chi connectivity index (χ1) is 34.2. The summed E-state index contributed by atoms with van der Waals surface area (Å²) in [6.45, 7) is 10.3. The molecule has 13 nitrogen and oxygen atoms in total. The second-order valence-electron chi connectivity index (χ2n) is 18.4. The van der Waals surface area contributed by atoms with Crippen molar-refractivity contribution in [1.82, 2.24) is 5.32 Å². The zero-order chi connectivity index (χ0) is 53.5. The first-order valence-corrected chi connectivity index (χ1v) is 27.4. The Balaban J connectivity index is 0.000000184. The first-order valence-electron chi connectivity index (χ1n) is 22.7. The van der Waals surface area contributed by atoms with E-state index < -0.39 is 48.2 Å². The lowest BCUT2D eigenvalue weighted by Crippen LogP contribution is -2.49. The van der Waals surface area contributed by atoms with Crippen molar-refractivity contribution in [2.24, 2.45) is 4.99 Å². The molecule has 0 atom stereocenters. The van der Waals surface area contributed by atoms with Crippen LogP contribution in [0.15, 0.2) is 147 Å². The Hall–Kier alpha value is -6.09. The van der Waals surface area contributed by atoms with E-state index in [1.807, 2.05) is 0 Å². The number of amides is 1. The number of rotatable bonds is 12. The van der Waals surface area contributed by atoms with Gasteiger partial charge in [-0.25, -0.2) is 23.0 Å². The Bertz CT molecular complexity index is 3340. The van der Waals surface area contributed by atoms with Crippen LogP contribution in [0.2, 0.25) is 0 Å². The van der Waals surface area contributed by atoms with Crippen LogP contribution >= 0.6 is 12.2 Å².